The molecule has 0 unspecified atom stereocenters. The number of benzene rings is 1. The molecule has 0 radical (unpaired) electrons. The van der Waals surface area contributed by atoms with Gasteiger partial charge < -0.3 is 4.74 Å². The van der Waals surface area contributed by atoms with Gasteiger partial charge in [-0.15, -0.1) is 0 Å². The minimum Gasteiger partial charge on any atom is -0.484 e. The lowest BCUT2D eigenvalue weighted by Gasteiger charge is -2.08. The number of hydrogen-bond acceptors (Lipinski definition) is 3. The van der Waals surface area contributed by atoms with Crippen molar-refractivity contribution in [3.8, 4) is 5.75 Å². The Morgan fingerprint density at radius 3 is 2.77 bits per heavy atom. The van der Waals surface area contributed by atoms with Crippen molar-refractivity contribution < 1.29 is 13.5 Å². The van der Waals surface area contributed by atoms with Crippen LogP contribution in [-0.4, -0.2) is 9.38 Å². The lowest BCUT2D eigenvalue weighted by Crippen LogP contribution is -2.16. The zero-order valence-electron chi connectivity index (χ0n) is 11.7. The Labute approximate surface area is 124 Å². The average molecular weight is 302 g/mol. The average Bonchev–Trinajstić information content (AvgIpc) is 2.47. The molecule has 0 spiro atoms. The van der Waals surface area contributed by atoms with Crippen molar-refractivity contribution in [3.63, 3.8) is 0 Å². The number of halogens is 2. The first kappa shape index (κ1) is 14.2. The molecule has 0 amide bonds. The van der Waals surface area contributed by atoms with Gasteiger partial charge in [0, 0.05) is 18.3 Å². The van der Waals surface area contributed by atoms with Crippen LogP contribution in [0.2, 0.25) is 0 Å². The standard InChI is InChI=1S/C16H12F2N2O2/c1-10-2-5-15-19-12(7-16(21)20(15)8-10)9-22-14-4-3-11(17)6-13(14)18/h2-8H,9H2,1H3. The van der Waals surface area contributed by atoms with Gasteiger partial charge in [0.15, 0.2) is 11.6 Å². The molecule has 0 fully saturated rings. The van der Waals surface area contributed by atoms with E-state index in [2.05, 4.69) is 4.98 Å². The van der Waals surface area contributed by atoms with E-state index >= 15 is 0 Å². The molecule has 0 aliphatic carbocycles. The second kappa shape index (κ2) is 5.55. The van der Waals surface area contributed by atoms with E-state index < -0.39 is 11.6 Å². The lowest BCUT2D eigenvalue weighted by molar-refractivity contribution is 0.285. The first-order chi connectivity index (χ1) is 10.5. The Balaban J connectivity index is 1.88. The van der Waals surface area contributed by atoms with Crippen molar-refractivity contribution in [2.45, 2.75) is 13.5 Å². The smallest absolute Gasteiger partial charge is 0.258 e. The number of aromatic nitrogens is 2. The topological polar surface area (TPSA) is 43.6 Å². The van der Waals surface area contributed by atoms with E-state index in [4.69, 9.17) is 4.74 Å². The molecule has 0 aliphatic heterocycles. The van der Waals surface area contributed by atoms with Crippen LogP contribution in [0.25, 0.3) is 5.65 Å². The minimum absolute atomic E-state index is 0.0812. The number of rotatable bonds is 3. The highest BCUT2D eigenvalue weighted by Gasteiger charge is 2.07. The molecule has 0 bridgehead atoms. The molecule has 1 aromatic carbocycles. The summed E-state index contributed by atoms with van der Waals surface area (Å²) in [5, 5.41) is 0. The number of hydrogen-bond donors (Lipinski definition) is 0. The summed E-state index contributed by atoms with van der Waals surface area (Å²) in [4.78, 5) is 16.3. The Bertz CT molecular complexity index is 906. The largest absolute Gasteiger partial charge is 0.484 e. The summed E-state index contributed by atoms with van der Waals surface area (Å²) in [5.41, 5.74) is 1.55. The Kier molecular flexibility index (Phi) is 3.58. The fourth-order valence-electron chi connectivity index (χ4n) is 2.08. The highest BCUT2D eigenvalue weighted by molar-refractivity contribution is 5.40. The van der Waals surface area contributed by atoms with Crippen molar-refractivity contribution in [2.24, 2.45) is 0 Å². The van der Waals surface area contributed by atoms with E-state index in [0.29, 0.717) is 11.3 Å². The predicted molar refractivity (Wildman–Crippen MR) is 76.9 cm³/mol. The van der Waals surface area contributed by atoms with Crippen molar-refractivity contribution in [1.29, 1.82) is 0 Å². The van der Waals surface area contributed by atoms with E-state index in [0.717, 1.165) is 17.7 Å². The van der Waals surface area contributed by atoms with E-state index in [1.165, 1.54) is 16.5 Å². The minimum atomic E-state index is -0.798. The maximum Gasteiger partial charge on any atom is 0.258 e. The molecule has 2 heterocycles. The molecule has 4 nitrogen and oxygen atoms in total. The molecule has 6 heteroatoms. The Morgan fingerprint density at radius 1 is 1.18 bits per heavy atom. The fourth-order valence-corrected chi connectivity index (χ4v) is 2.08. The van der Waals surface area contributed by atoms with Crippen LogP contribution in [0, 0.1) is 18.6 Å². The van der Waals surface area contributed by atoms with Gasteiger partial charge in [-0.25, -0.2) is 13.8 Å². The lowest BCUT2D eigenvalue weighted by atomic mass is 10.3. The van der Waals surface area contributed by atoms with Crippen molar-refractivity contribution in [1.82, 2.24) is 9.38 Å². The van der Waals surface area contributed by atoms with Crippen molar-refractivity contribution in [3.05, 3.63) is 75.8 Å². The van der Waals surface area contributed by atoms with Gasteiger partial charge in [0.1, 0.15) is 18.1 Å². The molecular weight excluding hydrogens is 290 g/mol. The maximum atomic E-state index is 13.5. The molecule has 0 N–H and O–H groups in total. The third-order valence-corrected chi connectivity index (χ3v) is 3.13. The fraction of sp³-hybridized carbons (Fsp3) is 0.125. The second-order valence-corrected chi connectivity index (χ2v) is 4.88. The van der Waals surface area contributed by atoms with E-state index in [1.807, 2.05) is 13.0 Å². The van der Waals surface area contributed by atoms with Gasteiger partial charge in [0.25, 0.3) is 5.56 Å². The number of ether oxygens (including phenoxy) is 1. The number of aryl methyl sites for hydroxylation is 1. The van der Waals surface area contributed by atoms with Crippen LogP contribution in [0.4, 0.5) is 8.78 Å². The van der Waals surface area contributed by atoms with Gasteiger partial charge in [0.2, 0.25) is 0 Å². The van der Waals surface area contributed by atoms with E-state index in [-0.39, 0.29) is 17.9 Å². The van der Waals surface area contributed by atoms with Gasteiger partial charge >= 0.3 is 0 Å². The Hall–Kier alpha value is -2.76. The molecule has 3 aromatic rings. The SMILES string of the molecule is Cc1ccc2nc(COc3ccc(F)cc3F)cc(=O)n2c1. The third-order valence-electron chi connectivity index (χ3n) is 3.13. The van der Waals surface area contributed by atoms with Crippen LogP contribution < -0.4 is 10.3 Å². The van der Waals surface area contributed by atoms with Gasteiger partial charge in [-0.2, -0.15) is 0 Å². The molecule has 0 aliphatic rings. The molecular formula is C16H12F2N2O2. The summed E-state index contributed by atoms with van der Waals surface area (Å²) >= 11 is 0. The zero-order valence-corrected chi connectivity index (χ0v) is 11.7. The summed E-state index contributed by atoms with van der Waals surface area (Å²) in [6.07, 6.45) is 1.69. The summed E-state index contributed by atoms with van der Waals surface area (Å²) in [6.45, 7) is 1.79. The summed E-state index contributed by atoms with van der Waals surface area (Å²) in [5.74, 6) is -1.57. The van der Waals surface area contributed by atoms with Crippen molar-refractivity contribution >= 4 is 5.65 Å². The first-order valence-electron chi connectivity index (χ1n) is 6.60. The van der Waals surface area contributed by atoms with Gasteiger partial charge in [-0.1, -0.05) is 6.07 Å². The molecule has 0 atom stereocenters. The van der Waals surface area contributed by atoms with E-state index in [9.17, 15) is 13.6 Å². The van der Waals surface area contributed by atoms with Gasteiger partial charge in [-0.3, -0.25) is 9.20 Å². The second-order valence-electron chi connectivity index (χ2n) is 4.88. The van der Waals surface area contributed by atoms with Crippen LogP contribution in [0.1, 0.15) is 11.3 Å². The molecule has 3 rings (SSSR count). The highest BCUT2D eigenvalue weighted by Crippen LogP contribution is 2.18. The van der Waals surface area contributed by atoms with E-state index in [1.54, 1.807) is 12.3 Å². The summed E-state index contributed by atoms with van der Waals surface area (Å²) < 4.78 is 33.0. The molecule has 0 saturated heterocycles. The zero-order chi connectivity index (χ0) is 15.7. The maximum absolute atomic E-state index is 13.5. The van der Waals surface area contributed by atoms with Crippen LogP contribution in [0.15, 0.2) is 47.4 Å². The molecule has 22 heavy (non-hydrogen) atoms. The summed E-state index contributed by atoms with van der Waals surface area (Å²) in [6, 6.07) is 7.92. The van der Waals surface area contributed by atoms with Crippen LogP contribution in [0.5, 0.6) is 5.75 Å². The predicted octanol–water partition coefficient (Wildman–Crippen LogP) is 2.86. The molecule has 112 valence electrons. The normalized spacial score (nSPS) is 10.9. The number of fused-ring (bicyclic) bond motifs is 1. The first-order valence-corrected chi connectivity index (χ1v) is 6.60. The molecule has 2 aromatic heterocycles. The monoisotopic (exact) mass is 302 g/mol. The van der Waals surface area contributed by atoms with Crippen molar-refractivity contribution in [2.75, 3.05) is 0 Å². The third kappa shape index (κ3) is 2.81. The van der Waals surface area contributed by atoms with Crippen LogP contribution >= 0.6 is 0 Å². The quantitative estimate of drug-likeness (QED) is 0.747. The van der Waals surface area contributed by atoms with Crippen LogP contribution in [-0.2, 0) is 6.61 Å². The van der Waals surface area contributed by atoms with Gasteiger partial charge in [0.05, 0.1) is 5.69 Å². The molecule has 0 saturated carbocycles. The number of pyridine rings is 1. The summed E-state index contributed by atoms with van der Waals surface area (Å²) in [7, 11) is 0. The Morgan fingerprint density at radius 2 is 2.00 bits per heavy atom. The number of nitrogens with zero attached hydrogens (tertiary/aromatic N) is 2. The van der Waals surface area contributed by atoms with Crippen LogP contribution in [0.3, 0.4) is 0 Å². The van der Waals surface area contributed by atoms with Gasteiger partial charge in [-0.05, 0) is 30.7 Å². The highest BCUT2D eigenvalue weighted by atomic mass is 19.1.